The van der Waals surface area contributed by atoms with Crippen LogP contribution >= 0.6 is 0 Å². The Bertz CT molecular complexity index is 148. The number of rotatable bonds is 9. The number of unbranched alkanes of at least 4 members (excludes halogenated alkanes) is 2. The van der Waals surface area contributed by atoms with Gasteiger partial charge in [0.2, 0.25) is 0 Å². The average molecular weight is 215 g/mol. The summed E-state index contributed by atoms with van der Waals surface area (Å²) in [7, 11) is 1.63. The molecule has 14 heavy (non-hydrogen) atoms. The molecular formula is C11H25NOSi. The largest absolute Gasteiger partial charge is 0.427 e. The van der Waals surface area contributed by atoms with Crippen LogP contribution in [0.25, 0.3) is 0 Å². The van der Waals surface area contributed by atoms with Crippen LogP contribution in [-0.2, 0) is 4.43 Å². The monoisotopic (exact) mass is 215 g/mol. The second kappa shape index (κ2) is 10.9. The summed E-state index contributed by atoms with van der Waals surface area (Å²) in [5.41, 5.74) is 1.33. The smallest absolute Gasteiger partial charge is 0.161 e. The third-order valence-electron chi connectivity index (χ3n) is 2.28. The van der Waals surface area contributed by atoms with Crippen LogP contribution in [0.5, 0.6) is 0 Å². The Labute approximate surface area is 91.1 Å². The Morgan fingerprint density at radius 3 is 2.71 bits per heavy atom. The van der Waals surface area contributed by atoms with Gasteiger partial charge in [0.25, 0.3) is 0 Å². The Morgan fingerprint density at radius 2 is 2.07 bits per heavy atom. The van der Waals surface area contributed by atoms with Crippen LogP contribution in [-0.4, -0.2) is 29.1 Å². The normalized spacial score (nSPS) is 12.9. The molecule has 0 rings (SSSR count). The Balaban J connectivity index is 3.23. The number of hydrogen-bond acceptors (Lipinski definition) is 2. The van der Waals surface area contributed by atoms with Crippen molar-refractivity contribution in [3.63, 3.8) is 0 Å². The quantitative estimate of drug-likeness (QED) is 0.329. The molecule has 0 saturated carbocycles. The van der Waals surface area contributed by atoms with Gasteiger partial charge in [-0.15, -0.1) is 0 Å². The van der Waals surface area contributed by atoms with Crippen molar-refractivity contribution >= 4 is 15.5 Å². The summed E-state index contributed by atoms with van der Waals surface area (Å²) < 4.78 is 5.13. The van der Waals surface area contributed by atoms with E-state index in [4.69, 9.17) is 4.43 Å². The molecule has 0 aromatic rings. The predicted octanol–water partition coefficient (Wildman–Crippen LogP) is 2.57. The van der Waals surface area contributed by atoms with Gasteiger partial charge in [0.05, 0.1) is 0 Å². The van der Waals surface area contributed by atoms with Crippen molar-refractivity contribution in [3.05, 3.63) is 0 Å². The van der Waals surface area contributed by atoms with Gasteiger partial charge in [0, 0.05) is 19.4 Å². The minimum Gasteiger partial charge on any atom is -0.427 e. The van der Waals surface area contributed by atoms with Gasteiger partial charge in [0.15, 0.2) is 9.76 Å². The van der Waals surface area contributed by atoms with Gasteiger partial charge in [0.1, 0.15) is 0 Å². The molecule has 0 radical (unpaired) electrons. The molecule has 84 valence electrons. The first-order valence-electron chi connectivity index (χ1n) is 5.80. The second-order valence-corrected chi connectivity index (χ2v) is 5.47. The first-order chi connectivity index (χ1) is 6.81. The third kappa shape index (κ3) is 9.93. The SMILES string of the molecule is CCCCC(C)=NCCCC[SiH2]OC. The lowest BCUT2D eigenvalue weighted by Gasteiger charge is -2.00. The molecule has 0 bridgehead atoms. The van der Waals surface area contributed by atoms with Crippen LogP contribution in [0.15, 0.2) is 4.99 Å². The molecule has 0 spiro atoms. The van der Waals surface area contributed by atoms with Gasteiger partial charge < -0.3 is 4.43 Å². The first kappa shape index (κ1) is 13.8. The highest BCUT2D eigenvalue weighted by Gasteiger charge is 1.91. The topological polar surface area (TPSA) is 21.6 Å². The number of hydrogen-bond donors (Lipinski definition) is 0. The molecule has 0 atom stereocenters. The van der Waals surface area contributed by atoms with E-state index in [1.165, 1.54) is 43.9 Å². The zero-order valence-electron chi connectivity index (χ0n) is 10.0. The molecule has 0 saturated heterocycles. The van der Waals surface area contributed by atoms with E-state index >= 15 is 0 Å². The molecule has 0 heterocycles. The molecular weight excluding hydrogens is 190 g/mol. The van der Waals surface area contributed by atoms with Crippen molar-refractivity contribution in [3.8, 4) is 0 Å². The highest BCUT2D eigenvalue weighted by Crippen LogP contribution is 1.99. The maximum Gasteiger partial charge on any atom is 0.161 e. The summed E-state index contributed by atoms with van der Waals surface area (Å²) in [4.78, 5) is 4.55. The molecule has 3 heteroatoms. The van der Waals surface area contributed by atoms with E-state index in [-0.39, 0.29) is 9.76 Å². The van der Waals surface area contributed by atoms with Crippen LogP contribution in [0, 0.1) is 0 Å². The summed E-state index contributed by atoms with van der Waals surface area (Å²) in [5, 5.41) is 0. The molecule has 0 N–H and O–H groups in total. The molecule has 0 aliphatic carbocycles. The zero-order chi connectivity index (χ0) is 10.6. The predicted molar refractivity (Wildman–Crippen MR) is 67.1 cm³/mol. The van der Waals surface area contributed by atoms with Crippen LogP contribution < -0.4 is 0 Å². The molecule has 0 aromatic heterocycles. The van der Waals surface area contributed by atoms with Crippen LogP contribution in [0.2, 0.25) is 6.04 Å². The summed E-state index contributed by atoms with van der Waals surface area (Å²) in [5.74, 6) is 0. The lowest BCUT2D eigenvalue weighted by molar-refractivity contribution is 0.439. The summed E-state index contributed by atoms with van der Waals surface area (Å²) in [6, 6.07) is 1.31. The highest BCUT2D eigenvalue weighted by molar-refractivity contribution is 6.26. The fourth-order valence-electron chi connectivity index (χ4n) is 1.32. The number of aliphatic imine (C=N–C) groups is 1. The maximum absolute atomic E-state index is 5.13. The Morgan fingerprint density at radius 1 is 1.29 bits per heavy atom. The highest BCUT2D eigenvalue weighted by atomic mass is 28.2. The Kier molecular flexibility index (Phi) is 10.8. The number of nitrogens with zero attached hydrogens (tertiary/aromatic N) is 1. The Hall–Kier alpha value is -0.153. The fourth-order valence-corrected chi connectivity index (χ4v) is 2.16. The average Bonchev–Trinajstić information content (AvgIpc) is 2.20. The van der Waals surface area contributed by atoms with Crippen molar-refractivity contribution < 1.29 is 4.43 Å². The van der Waals surface area contributed by atoms with E-state index in [0.717, 1.165) is 6.54 Å². The van der Waals surface area contributed by atoms with Crippen LogP contribution in [0.1, 0.15) is 46.0 Å². The van der Waals surface area contributed by atoms with E-state index in [1.807, 2.05) is 7.11 Å². The minimum absolute atomic E-state index is 0.187. The van der Waals surface area contributed by atoms with Crippen LogP contribution in [0.4, 0.5) is 0 Å². The second-order valence-electron chi connectivity index (χ2n) is 3.77. The lowest BCUT2D eigenvalue weighted by atomic mass is 10.2. The van der Waals surface area contributed by atoms with Gasteiger partial charge >= 0.3 is 0 Å². The van der Waals surface area contributed by atoms with E-state index in [9.17, 15) is 0 Å². The summed E-state index contributed by atoms with van der Waals surface area (Å²) in [6.45, 7) is 5.40. The van der Waals surface area contributed by atoms with Crippen LogP contribution in [0.3, 0.4) is 0 Å². The first-order valence-corrected chi connectivity index (χ1v) is 7.37. The van der Waals surface area contributed by atoms with Gasteiger partial charge in [-0.1, -0.05) is 19.8 Å². The zero-order valence-corrected chi connectivity index (χ0v) is 11.4. The van der Waals surface area contributed by atoms with Gasteiger partial charge in [-0.25, -0.2) is 0 Å². The molecule has 0 unspecified atom stereocenters. The molecule has 0 aliphatic heterocycles. The van der Waals surface area contributed by atoms with Crippen molar-refractivity contribution in [2.75, 3.05) is 13.7 Å². The standard InChI is InChI=1S/C11H25NOSi/c1-4-5-8-11(2)12-9-6-7-10-14-13-3/h4-10,14H2,1-3H3. The molecule has 0 fully saturated rings. The van der Waals surface area contributed by atoms with Crippen molar-refractivity contribution in [2.45, 2.75) is 52.0 Å². The van der Waals surface area contributed by atoms with E-state index in [0.29, 0.717) is 0 Å². The fraction of sp³-hybridized carbons (Fsp3) is 0.909. The molecule has 0 aromatic carbocycles. The van der Waals surface area contributed by atoms with Gasteiger partial charge in [-0.2, -0.15) is 0 Å². The van der Waals surface area contributed by atoms with Gasteiger partial charge in [-0.3, -0.25) is 4.99 Å². The lowest BCUT2D eigenvalue weighted by Crippen LogP contribution is -1.96. The summed E-state index contributed by atoms with van der Waals surface area (Å²) >= 11 is 0. The van der Waals surface area contributed by atoms with E-state index < -0.39 is 0 Å². The van der Waals surface area contributed by atoms with E-state index in [2.05, 4.69) is 18.8 Å². The van der Waals surface area contributed by atoms with Crippen molar-refractivity contribution in [1.29, 1.82) is 0 Å². The minimum atomic E-state index is -0.187. The maximum atomic E-state index is 5.13. The van der Waals surface area contributed by atoms with Gasteiger partial charge in [-0.05, 0) is 32.2 Å². The summed E-state index contributed by atoms with van der Waals surface area (Å²) in [6.07, 6.45) is 6.27. The molecule has 0 amide bonds. The molecule has 2 nitrogen and oxygen atoms in total. The third-order valence-corrected chi connectivity index (χ3v) is 3.48. The molecule has 0 aliphatic rings. The van der Waals surface area contributed by atoms with E-state index in [1.54, 1.807) is 0 Å². The van der Waals surface area contributed by atoms with Crippen molar-refractivity contribution in [2.24, 2.45) is 4.99 Å². The van der Waals surface area contributed by atoms with Crippen molar-refractivity contribution in [1.82, 2.24) is 0 Å².